The van der Waals surface area contributed by atoms with Crippen LogP contribution in [0.2, 0.25) is 0 Å². The molecule has 1 unspecified atom stereocenters. The molecule has 2 aromatic rings. The third-order valence-electron chi connectivity index (χ3n) is 6.14. The van der Waals surface area contributed by atoms with Crippen molar-refractivity contribution in [3.63, 3.8) is 0 Å². The van der Waals surface area contributed by atoms with E-state index < -0.39 is 17.7 Å². The van der Waals surface area contributed by atoms with Crippen molar-refractivity contribution in [1.82, 2.24) is 4.90 Å². The van der Waals surface area contributed by atoms with Gasteiger partial charge in [-0.2, -0.15) is 0 Å². The summed E-state index contributed by atoms with van der Waals surface area (Å²) in [6.45, 7) is 4.06. The Morgan fingerprint density at radius 3 is 2.53 bits per heavy atom. The summed E-state index contributed by atoms with van der Waals surface area (Å²) in [5.74, 6) is -0.0461. The number of likely N-dealkylation sites (tertiary alicyclic amines) is 1. The second-order valence-electron chi connectivity index (χ2n) is 8.27. The van der Waals surface area contributed by atoms with Crippen molar-refractivity contribution in [2.75, 3.05) is 7.11 Å². The number of hydrogen-bond donors (Lipinski definition) is 1. The maximum Gasteiger partial charge on any atom is 0.296 e. The summed E-state index contributed by atoms with van der Waals surface area (Å²) >= 11 is 0. The Labute approximate surface area is 176 Å². The van der Waals surface area contributed by atoms with Crippen molar-refractivity contribution < 1.29 is 23.8 Å². The van der Waals surface area contributed by atoms with Gasteiger partial charge in [-0.25, -0.2) is 0 Å². The topological polar surface area (TPSA) is 80.0 Å². The van der Waals surface area contributed by atoms with Crippen molar-refractivity contribution in [2.24, 2.45) is 0 Å². The number of aliphatic hydroxyl groups is 1. The van der Waals surface area contributed by atoms with Gasteiger partial charge in [-0.1, -0.05) is 26.7 Å². The second-order valence-corrected chi connectivity index (χ2v) is 8.27. The average Bonchev–Trinajstić information content (AvgIpc) is 3.49. The number of ether oxygens (including phenoxy) is 1. The van der Waals surface area contributed by atoms with Crippen molar-refractivity contribution in [3.8, 4) is 5.75 Å². The zero-order valence-corrected chi connectivity index (χ0v) is 17.6. The number of carbonyl (C=O) groups is 2. The van der Waals surface area contributed by atoms with Crippen molar-refractivity contribution in [2.45, 2.75) is 57.5 Å². The van der Waals surface area contributed by atoms with Gasteiger partial charge in [0.2, 0.25) is 0 Å². The standard InChI is InChI=1S/C24H27NO5/c1-14(2)17-13-15(10-11-18(17)29-3)22(26)20-21(19-9-6-12-30-19)25(24(28)23(20)27)16-7-4-5-8-16/h6,9-14,16,21,26H,4-5,7-8H2,1-3H3/b22-20-. The molecular formula is C24H27NO5. The van der Waals surface area contributed by atoms with E-state index in [1.165, 1.54) is 6.26 Å². The Hall–Kier alpha value is -3.02. The first kappa shape index (κ1) is 20.3. The number of aliphatic hydroxyl groups excluding tert-OH is 1. The number of Topliss-reactive ketones (excluding diaryl/α,β-unsaturated/α-hetero) is 1. The molecule has 1 amide bonds. The highest BCUT2D eigenvalue weighted by Crippen LogP contribution is 2.44. The van der Waals surface area contributed by atoms with Crippen LogP contribution in [0.25, 0.3) is 5.76 Å². The molecule has 1 aromatic carbocycles. The van der Waals surface area contributed by atoms with Crippen molar-refractivity contribution >= 4 is 17.4 Å². The van der Waals surface area contributed by atoms with Gasteiger partial charge in [0.15, 0.2) is 0 Å². The lowest BCUT2D eigenvalue weighted by Crippen LogP contribution is -2.37. The Balaban J connectivity index is 1.86. The molecule has 2 fully saturated rings. The lowest BCUT2D eigenvalue weighted by atomic mass is 9.95. The molecule has 4 rings (SSSR count). The molecule has 1 saturated carbocycles. The summed E-state index contributed by atoms with van der Waals surface area (Å²) in [5, 5.41) is 11.2. The summed E-state index contributed by atoms with van der Waals surface area (Å²) in [6, 6.07) is 8.05. The first-order chi connectivity index (χ1) is 14.4. The number of amides is 1. The van der Waals surface area contributed by atoms with E-state index in [1.54, 1.807) is 36.3 Å². The highest BCUT2D eigenvalue weighted by molar-refractivity contribution is 6.46. The van der Waals surface area contributed by atoms with E-state index in [2.05, 4.69) is 0 Å². The van der Waals surface area contributed by atoms with E-state index in [4.69, 9.17) is 9.15 Å². The lowest BCUT2D eigenvalue weighted by molar-refractivity contribution is -0.141. The van der Waals surface area contributed by atoms with Crippen LogP contribution in [0.15, 0.2) is 46.6 Å². The van der Waals surface area contributed by atoms with Crippen LogP contribution in [0.1, 0.15) is 68.4 Å². The van der Waals surface area contributed by atoms with Crippen molar-refractivity contribution in [1.29, 1.82) is 0 Å². The maximum absolute atomic E-state index is 13.1. The van der Waals surface area contributed by atoms with Crippen LogP contribution in [0, 0.1) is 0 Å². The van der Waals surface area contributed by atoms with Crippen LogP contribution in [0.4, 0.5) is 0 Å². The third-order valence-corrected chi connectivity index (χ3v) is 6.14. The van der Waals surface area contributed by atoms with Gasteiger partial charge in [-0.15, -0.1) is 0 Å². The van der Waals surface area contributed by atoms with Crippen LogP contribution < -0.4 is 4.74 Å². The van der Waals surface area contributed by atoms with E-state index in [0.29, 0.717) is 11.3 Å². The van der Waals surface area contributed by atoms with Gasteiger partial charge in [-0.05, 0) is 54.7 Å². The van der Waals surface area contributed by atoms with Crippen LogP contribution >= 0.6 is 0 Å². The minimum atomic E-state index is -0.715. The molecule has 2 heterocycles. The summed E-state index contributed by atoms with van der Waals surface area (Å²) in [6.07, 6.45) is 5.27. The van der Waals surface area contributed by atoms with Crippen LogP contribution in [0.5, 0.6) is 5.75 Å². The van der Waals surface area contributed by atoms with Gasteiger partial charge in [0, 0.05) is 11.6 Å². The predicted octanol–water partition coefficient (Wildman–Crippen LogP) is 4.78. The van der Waals surface area contributed by atoms with E-state index in [9.17, 15) is 14.7 Å². The molecule has 30 heavy (non-hydrogen) atoms. The van der Waals surface area contributed by atoms with Gasteiger partial charge in [0.25, 0.3) is 11.7 Å². The smallest absolute Gasteiger partial charge is 0.296 e. The minimum absolute atomic E-state index is 0.0241. The predicted molar refractivity (Wildman–Crippen MR) is 112 cm³/mol. The molecule has 1 aliphatic heterocycles. The minimum Gasteiger partial charge on any atom is -0.507 e. The van der Waals surface area contributed by atoms with E-state index in [1.807, 2.05) is 19.9 Å². The molecule has 1 N–H and O–H groups in total. The summed E-state index contributed by atoms with van der Waals surface area (Å²) < 4.78 is 11.0. The maximum atomic E-state index is 13.1. The summed E-state index contributed by atoms with van der Waals surface area (Å²) in [7, 11) is 1.60. The molecular weight excluding hydrogens is 382 g/mol. The van der Waals surface area contributed by atoms with Crippen LogP contribution in [-0.2, 0) is 9.59 Å². The van der Waals surface area contributed by atoms with Crippen LogP contribution in [-0.4, -0.2) is 34.8 Å². The molecule has 6 nitrogen and oxygen atoms in total. The lowest BCUT2D eigenvalue weighted by Gasteiger charge is -2.29. The molecule has 0 radical (unpaired) electrons. The number of ketones is 1. The summed E-state index contributed by atoms with van der Waals surface area (Å²) in [4.78, 5) is 27.7. The molecule has 0 spiro atoms. The number of nitrogens with zero attached hydrogens (tertiary/aromatic N) is 1. The molecule has 158 valence electrons. The molecule has 1 aliphatic carbocycles. The number of hydrogen-bond acceptors (Lipinski definition) is 5. The van der Waals surface area contributed by atoms with E-state index in [-0.39, 0.29) is 23.3 Å². The zero-order valence-electron chi connectivity index (χ0n) is 17.6. The van der Waals surface area contributed by atoms with Crippen LogP contribution in [0.3, 0.4) is 0 Å². The molecule has 1 atom stereocenters. The average molecular weight is 409 g/mol. The fourth-order valence-electron chi connectivity index (χ4n) is 4.62. The Kier molecular flexibility index (Phi) is 5.41. The number of benzene rings is 1. The number of methoxy groups -OCH3 is 1. The fourth-order valence-corrected chi connectivity index (χ4v) is 4.62. The quantitative estimate of drug-likeness (QED) is 0.437. The number of rotatable bonds is 5. The Bertz CT molecular complexity index is 983. The first-order valence-corrected chi connectivity index (χ1v) is 10.5. The van der Waals surface area contributed by atoms with Gasteiger partial charge in [0.1, 0.15) is 23.3 Å². The van der Waals surface area contributed by atoms with Gasteiger partial charge >= 0.3 is 0 Å². The Morgan fingerprint density at radius 2 is 1.93 bits per heavy atom. The Morgan fingerprint density at radius 1 is 1.20 bits per heavy atom. The molecule has 1 saturated heterocycles. The normalized spacial score (nSPS) is 21.7. The molecule has 2 aliphatic rings. The highest BCUT2D eigenvalue weighted by Gasteiger charge is 2.50. The van der Waals surface area contributed by atoms with Gasteiger partial charge < -0.3 is 19.2 Å². The molecule has 1 aromatic heterocycles. The monoisotopic (exact) mass is 409 g/mol. The summed E-state index contributed by atoms with van der Waals surface area (Å²) in [5.41, 5.74) is 1.49. The van der Waals surface area contributed by atoms with Crippen molar-refractivity contribution in [3.05, 3.63) is 59.1 Å². The molecule has 6 heteroatoms. The highest BCUT2D eigenvalue weighted by atomic mass is 16.5. The number of furan rings is 1. The second kappa shape index (κ2) is 8.01. The zero-order chi connectivity index (χ0) is 21.4. The third kappa shape index (κ3) is 3.30. The first-order valence-electron chi connectivity index (χ1n) is 10.5. The van der Waals surface area contributed by atoms with Gasteiger partial charge in [0.05, 0.1) is 18.9 Å². The fraction of sp³-hybridized carbons (Fsp3) is 0.417. The van der Waals surface area contributed by atoms with E-state index in [0.717, 1.165) is 37.0 Å². The van der Waals surface area contributed by atoms with Gasteiger partial charge in [-0.3, -0.25) is 9.59 Å². The number of carbonyl (C=O) groups excluding carboxylic acids is 2. The largest absolute Gasteiger partial charge is 0.507 e. The SMILES string of the molecule is COc1ccc(/C(O)=C2/C(=O)C(=O)N(C3CCCC3)C2c2ccco2)cc1C(C)C. The van der Waals surface area contributed by atoms with E-state index >= 15 is 0 Å². The molecule has 0 bridgehead atoms.